The highest BCUT2D eigenvalue weighted by atomic mass is 79.9. The molecule has 2 aromatic heterocycles. The predicted octanol–water partition coefficient (Wildman–Crippen LogP) is 5.17. The van der Waals surface area contributed by atoms with E-state index in [1.54, 1.807) is 17.6 Å². The topological polar surface area (TPSA) is 54.9 Å². The van der Waals surface area contributed by atoms with Crippen LogP contribution in [0.15, 0.2) is 52.4 Å². The first-order valence-corrected chi connectivity index (χ1v) is 9.02. The van der Waals surface area contributed by atoms with Crippen molar-refractivity contribution in [3.05, 3.63) is 63.7 Å². The maximum atomic E-state index is 12.9. The Hall–Kier alpha value is -2.26. The smallest absolute Gasteiger partial charge is 0.326 e. The van der Waals surface area contributed by atoms with E-state index in [0.29, 0.717) is 16.4 Å². The summed E-state index contributed by atoms with van der Waals surface area (Å²) in [6.07, 6.45) is -2.90. The molecule has 9 heteroatoms. The quantitative estimate of drug-likeness (QED) is 0.607. The maximum Gasteiger partial charge on any atom is 0.417 e. The van der Waals surface area contributed by atoms with Crippen molar-refractivity contribution >= 4 is 38.9 Å². The van der Waals surface area contributed by atoms with Crippen molar-refractivity contribution in [2.24, 2.45) is 0 Å². The van der Waals surface area contributed by atoms with Gasteiger partial charge in [-0.15, -0.1) is 11.3 Å². The molecule has 3 rings (SSSR count). The van der Waals surface area contributed by atoms with Crippen molar-refractivity contribution < 1.29 is 18.0 Å². The van der Waals surface area contributed by atoms with Gasteiger partial charge < -0.3 is 5.32 Å². The summed E-state index contributed by atoms with van der Waals surface area (Å²) in [5.41, 5.74) is 0.459. The van der Waals surface area contributed by atoms with Crippen molar-refractivity contribution in [3.63, 3.8) is 0 Å². The van der Waals surface area contributed by atoms with E-state index in [0.717, 1.165) is 6.07 Å². The molecule has 0 aliphatic heterocycles. The van der Waals surface area contributed by atoms with Gasteiger partial charge in [-0.05, 0) is 30.3 Å². The number of anilines is 1. The first kappa shape index (κ1) is 18.5. The van der Waals surface area contributed by atoms with Crippen LogP contribution in [0.4, 0.5) is 18.9 Å². The number of halogens is 4. The molecule has 0 aliphatic carbocycles. The molecule has 4 nitrogen and oxygen atoms in total. The van der Waals surface area contributed by atoms with Crippen LogP contribution < -0.4 is 5.32 Å². The minimum Gasteiger partial charge on any atom is -0.326 e. The zero-order valence-corrected chi connectivity index (χ0v) is 15.5. The Morgan fingerprint density at radius 1 is 1.23 bits per heavy atom. The number of nitrogens with zero attached hydrogens (tertiary/aromatic N) is 2. The minimum absolute atomic E-state index is 0.0409. The fraction of sp³-hybridized carbons (Fsp3) is 0.118. The zero-order chi connectivity index (χ0) is 18.7. The molecule has 0 atom stereocenters. The van der Waals surface area contributed by atoms with Crippen molar-refractivity contribution in [1.29, 1.82) is 0 Å². The number of aromatic nitrogens is 2. The van der Waals surface area contributed by atoms with Crippen LogP contribution in [0.1, 0.15) is 11.3 Å². The molecule has 0 fully saturated rings. The second-order valence-corrected chi connectivity index (χ2v) is 6.99. The third-order valence-electron chi connectivity index (χ3n) is 3.33. The number of carbonyl (C=O) groups is 1. The lowest BCUT2D eigenvalue weighted by atomic mass is 10.2. The molecule has 3 aromatic rings. The summed E-state index contributed by atoms with van der Waals surface area (Å²) in [6, 6.07) is 8.98. The number of alkyl halides is 3. The van der Waals surface area contributed by atoms with Gasteiger partial charge in [0, 0.05) is 21.7 Å². The van der Waals surface area contributed by atoms with Crippen LogP contribution in [-0.4, -0.2) is 15.9 Å². The van der Waals surface area contributed by atoms with E-state index in [-0.39, 0.29) is 16.6 Å². The van der Waals surface area contributed by atoms with Crippen molar-refractivity contribution in [2.45, 2.75) is 12.6 Å². The summed E-state index contributed by atoms with van der Waals surface area (Å²) in [6.45, 7) is 0. The van der Waals surface area contributed by atoms with Gasteiger partial charge in [0.05, 0.1) is 23.4 Å². The van der Waals surface area contributed by atoms with Crippen LogP contribution in [0.25, 0.3) is 10.7 Å². The molecule has 0 aliphatic rings. The number of carbonyl (C=O) groups excluding carboxylic acids is 1. The Labute approximate surface area is 159 Å². The van der Waals surface area contributed by atoms with E-state index >= 15 is 0 Å². The minimum atomic E-state index is -4.51. The molecule has 0 radical (unpaired) electrons. The molecule has 0 spiro atoms. The first-order chi connectivity index (χ1) is 12.3. The Balaban J connectivity index is 1.69. The Morgan fingerprint density at radius 2 is 2.04 bits per heavy atom. The van der Waals surface area contributed by atoms with Crippen molar-refractivity contribution in [1.82, 2.24) is 9.97 Å². The van der Waals surface area contributed by atoms with Crippen LogP contribution in [0.2, 0.25) is 0 Å². The monoisotopic (exact) mass is 441 g/mol. The predicted molar refractivity (Wildman–Crippen MR) is 96.8 cm³/mol. The van der Waals surface area contributed by atoms with E-state index in [4.69, 9.17) is 0 Å². The number of amides is 1. The lowest BCUT2D eigenvalue weighted by Gasteiger charge is -2.11. The highest BCUT2D eigenvalue weighted by molar-refractivity contribution is 9.10. The Morgan fingerprint density at radius 3 is 2.73 bits per heavy atom. The lowest BCUT2D eigenvalue weighted by Crippen LogP contribution is -2.15. The Bertz CT molecular complexity index is 929. The Kier molecular flexibility index (Phi) is 5.38. The van der Waals surface area contributed by atoms with E-state index in [1.807, 2.05) is 12.1 Å². The van der Waals surface area contributed by atoms with Crippen molar-refractivity contribution in [2.75, 3.05) is 5.32 Å². The van der Waals surface area contributed by atoms with Gasteiger partial charge in [-0.25, -0.2) is 4.98 Å². The number of nitrogens with one attached hydrogen (secondary N) is 1. The summed E-state index contributed by atoms with van der Waals surface area (Å²) in [5, 5.41) is 4.87. The highest BCUT2D eigenvalue weighted by Crippen LogP contribution is 2.36. The third-order valence-corrected chi connectivity index (χ3v) is 4.94. The second-order valence-electron chi connectivity index (χ2n) is 5.28. The lowest BCUT2D eigenvalue weighted by molar-refractivity contribution is -0.138. The molecule has 0 saturated heterocycles. The number of hydrogen-bond donors (Lipinski definition) is 1. The van der Waals surface area contributed by atoms with Crippen LogP contribution in [0, 0.1) is 0 Å². The molecule has 1 aromatic carbocycles. The number of pyridine rings is 1. The van der Waals surface area contributed by atoms with E-state index in [9.17, 15) is 18.0 Å². The second kappa shape index (κ2) is 7.55. The molecule has 1 amide bonds. The SMILES string of the molecule is O=C(Cc1csc(-c2ccccn2)n1)Nc1ccc(Br)c(C(F)(F)F)c1. The normalized spacial score (nSPS) is 11.4. The third kappa shape index (κ3) is 4.47. The van der Waals surface area contributed by atoms with E-state index < -0.39 is 17.6 Å². The summed E-state index contributed by atoms with van der Waals surface area (Å²) in [7, 11) is 0. The van der Waals surface area contributed by atoms with Crippen molar-refractivity contribution in [3.8, 4) is 10.7 Å². The van der Waals surface area contributed by atoms with Gasteiger partial charge in [0.15, 0.2) is 0 Å². The largest absolute Gasteiger partial charge is 0.417 e. The van der Waals surface area contributed by atoms with Gasteiger partial charge in [0.1, 0.15) is 5.01 Å². The molecule has 0 unspecified atom stereocenters. The summed E-state index contributed by atoms with van der Waals surface area (Å²) >= 11 is 4.21. The van der Waals surface area contributed by atoms with E-state index in [2.05, 4.69) is 31.2 Å². The van der Waals surface area contributed by atoms with E-state index in [1.165, 1.54) is 23.5 Å². The summed E-state index contributed by atoms with van der Waals surface area (Å²) in [4.78, 5) is 20.6. The summed E-state index contributed by atoms with van der Waals surface area (Å²) < 4.78 is 38.7. The van der Waals surface area contributed by atoms with Crippen LogP contribution in [0.3, 0.4) is 0 Å². The standard InChI is InChI=1S/C17H11BrF3N3OS/c18-13-5-4-10(7-12(13)17(19,20)21)23-15(25)8-11-9-26-16(24-11)14-3-1-2-6-22-14/h1-7,9H,8H2,(H,23,25). The van der Waals surface area contributed by atoms with Gasteiger partial charge in [-0.2, -0.15) is 13.2 Å². The maximum absolute atomic E-state index is 12.9. The van der Waals surface area contributed by atoms with Crippen LogP contribution >= 0.6 is 27.3 Å². The average molecular weight is 442 g/mol. The van der Waals surface area contributed by atoms with Crippen LogP contribution in [0.5, 0.6) is 0 Å². The molecular weight excluding hydrogens is 431 g/mol. The average Bonchev–Trinajstić information content (AvgIpc) is 3.05. The number of hydrogen-bond acceptors (Lipinski definition) is 4. The fourth-order valence-corrected chi connectivity index (χ4v) is 3.45. The molecular formula is C17H11BrF3N3OS. The number of rotatable bonds is 4. The van der Waals surface area contributed by atoms with Gasteiger partial charge >= 0.3 is 6.18 Å². The summed E-state index contributed by atoms with van der Waals surface area (Å²) in [5.74, 6) is -0.446. The number of benzene rings is 1. The molecule has 134 valence electrons. The highest BCUT2D eigenvalue weighted by Gasteiger charge is 2.33. The van der Waals surface area contributed by atoms with Gasteiger partial charge in [-0.3, -0.25) is 9.78 Å². The first-order valence-electron chi connectivity index (χ1n) is 7.35. The zero-order valence-electron chi connectivity index (χ0n) is 13.0. The number of thiazole rings is 1. The fourth-order valence-electron chi connectivity index (χ4n) is 2.19. The van der Waals surface area contributed by atoms with Gasteiger partial charge in [-0.1, -0.05) is 22.0 Å². The van der Waals surface area contributed by atoms with Crippen LogP contribution in [-0.2, 0) is 17.4 Å². The van der Waals surface area contributed by atoms with Gasteiger partial charge in [0.2, 0.25) is 5.91 Å². The molecule has 0 bridgehead atoms. The molecule has 0 saturated carbocycles. The molecule has 26 heavy (non-hydrogen) atoms. The molecule has 1 N–H and O–H groups in total. The van der Waals surface area contributed by atoms with Gasteiger partial charge in [0.25, 0.3) is 0 Å². The molecule has 2 heterocycles.